The van der Waals surface area contributed by atoms with Crippen LogP contribution in [0.4, 0.5) is 10.5 Å². The summed E-state index contributed by atoms with van der Waals surface area (Å²) in [5, 5.41) is 2.82. The minimum absolute atomic E-state index is 0.402. The quantitative estimate of drug-likeness (QED) is 0.510. The Morgan fingerprint density at radius 3 is 2.48 bits per heavy atom. The standard InChI is InChI=1S/C22H36N2O3/c1-2-3-4-5-6-7-12-18-26-21-14-9-8-13-20(21)23-22(25)27-19-17-24-15-10-11-16-24/h8-9,13-14H,2-7,10-12,15-19H2,1H3,(H,23,25)/p+1. The topological polar surface area (TPSA) is 52.0 Å². The van der Waals surface area contributed by atoms with Gasteiger partial charge in [-0.2, -0.15) is 0 Å². The molecule has 5 heteroatoms. The van der Waals surface area contributed by atoms with E-state index in [-0.39, 0.29) is 0 Å². The van der Waals surface area contributed by atoms with E-state index in [1.807, 2.05) is 24.3 Å². The predicted octanol–water partition coefficient (Wildman–Crippen LogP) is 4.04. The predicted molar refractivity (Wildman–Crippen MR) is 110 cm³/mol. The number of rotatable bonds is 13. The highest BCUT2D eigenvalue weighted by atomic mass is 16.5. The summed E-state index contributed by atoms with van der Waals surface area (Å²) in [5.74, 6) is 0.714. The number of para-hydroxylation sites is 2. The summed E-state index contributed by atoms with van der Waals surface area (Å²) in [6.07, 6.45) is 11.0. The van der Waals surface area contributed by atoms with E-state index in [9.17, 15) is 4.79 Å². The molecule has 0 aliphatic carbocycles. The van der Waals surface area contributed by atoms with E-state index in [0.717, 1.165) is 13.0 Å². The summed E-state index contributed by atoms with van der Waals surface area (Å²) < 4.78 is 11.2. The fourth-order valence-corrected chi connectivity index (χ4v) is 3.50. The average Bonchev–Trinajstić information content (AvgIpc) is 3.18. The van der Waals surface area contributed by atoms with Crippen molar-refractivity contribution in [1.29, 1.82) is 0 Å². The number of carbonyl (C=O) groups is 1. The number of carbonyl (C=O) groups excluding carboxylic acids is 1. The van der Waals surface area contributed by atoms with Gasteiger partial charge in [-0.3, -0.25) is 5.32 Å². The maximum absolute atomic E-state index is 12.0. The molecule has 2 N–H and O–H groups in total. The molecule has 0 saturated carbocycles. The Labute approximate surface area is 164 Å². The minimum Gasteiger partial charge on any atom is -0.491 e. The fraction of sp³-hybridized carbons (Fsp3) is 0.682. The molecule has 0 spiro atoms. The first-order chi connectivity index (χ1) is 13.3. The summed E-state index contributed by atoms with van der Waals surface area (Å²) in [6, 6.07) is 7.57. The van der Waals surface area contributed by atoms with E-state index in [1.54, 1.807) is 0 Å². The first-order valence-electron chi connectivity index (χ1n) is 10.8. The molecule has 1 aliphatic rings. The molecule has 0 bridgehead atoms. The molecule has 0 unspecified atom stereocenters. The molecule has 2 rings (SSSR count). The molecule has 1 aromatic rings. The SMILES string of the molecule is CCCCCCCCCOc1ccccc1NC(=O)OCC[NH+]1CCCC1. The zero-order chi connectivity index (χ0) is 19.2. The van der Waals surface area contributed by atoms with Crippen molar-refractivity contribution in [3.63, 3.8) is 0 Å². The third-order valence-electron chi connectivity index (χ3n) is 5.13. The van der Waals surface area contributed by atoms with Gasteiger partial charge in [0, 0.05) is 12.8 Å². The lowest BCUT2D eigenvalue weighted by atomic mass is 10.1. The van der Waals surface area contributed by atoms with Crippen LogP contribution in [0.25, 0.3) is 0 Å². The van der Waals surface area contributed by atoms with Crippen LogP contribution >= 0.6 is 0 Å². The van der Waals surface area contributed by atoms with Gasteiger partial charge in [-0.15, -0.1) is 0 Å². The van der Waals surface area contributed by atoms with Crippen molar-refractivity contribution in [2.45, 2.75) is 64.7 Å². The Morgan fingerprint density at radius 2 is 1.70 bits per heavy atom. The van der Waals surface area contributed by atoms with E-state index >= 15 is 0 Å². The van der Waals surface area contributed by atoms with E-state index in [4.69, 9.17) is 9.47 Å². The first-order valence-corrected chi connectivity index (χ1v) is 10.8. The lowest BCUT2D eigenvalue weighted by Gasteiger charge is -2.14. The number of anilines is 1. The van der Waals surface area contributed by atoms with E-state index in [2.05, 4.69) is 12.2 Å². The molecule has 27 heavy (non-hydrogen) atoms. The Morgan fingerprint density at radius 1 is 1.00 bits per heavy atom. The fourth-order valence-electron chi connectivity index (χ4n) is 3.50. The van der Waals surface area contributed by atoms with Crippen LogP contribution < -0.4 is 15.0 Å². The summed E-state index contributed by atoms with van der Waals surface area (Å²) in [7, 11) is 0. The second-order valence-corrected chi connectivity index (χ2v) is 7.43. The number of hydrogen-bond acceptors (Lipinski definition) is 3. The van der Waals surface area contributed by atoms with Crippen molar-refractivity contribution < 1.29 is 19.2 Å². The molecule has 1 fully saturated rings. The van der Waals surface area contributed by atoms with Gasteiger partial charge in [0.25, 0.3) is 0 Å². The number of likely N-dealkylation sites (tertiary alicyclic amines) is 1. The van der Waals surface area contributed by atoms with Crippen molar-refractivity contribution in [3.05, 3.63) is 24.3 Å². The molecule has 0 atom stereocenters. The van der Waals surface area contributed by atoms with Crippen LogP contribution in [0.15, 0.2) is 24.3 Å². The summed E-state index contributed by atoms with van der Waals surface area (Å²) >= 11 is 0. The second kappa shape index (κ2) is 13.4. The number of amides is 1. The molecule has 1 amide bonds. The monoisotopic (exact) mass is 377 g/mol. The van der Waals surface area contributed by atoms with Crippen LogP contribution in [-0.4, -0.2) is 38.9 Å². The van der Waals surface area contributed by atoms with Crippen molar-refractivity contribution in [2.75, 3.05) is 38.2 Å². The second-order valence-electron chi connectivity index (χ2n) is 7.43. The average molecular weight is 378 g/mol. The molecular formula is C22H37N2O3+. The van der Waals surface area contributed by atoms with Crippen LogP contribution in [0.5, 0.6) is 5.75 Å². The van der Waals surface area contributed by atoms with Crippen molar-refractivity contribution >= 4 is 11.8 Å². The number of benzene rings is 1. The molecule has 1 aliphatic heterocycles. The Kier molecular flexibility index (Phi) is 10.7. The highest BCUT2D eigenvalue weighted by molar-refractivity contribution is 5.86. The number of ether oxygens (including phenoxy) is 2. The molecular weight excluding hydrogens is 340 g/mol. The normalized spacial score (nSPS) is 14.3. The molecule has 1 heterocycles. The van der Waals surface area contributed by atoms with Gasteiger partial charge in [-0.05, 0) is 18.6 Å². The minimum atomic E-state index is -0.402. The highest BCUT2D eigenvalue weighted by Crippen LogP contribution is 2.24. The molecule has 1 aromatic carbocycles. The van der Waals surface area contributed by atoms with E-state index in [0.29, 0.717) is 24.7 Å². The highest BCUT2D eigenvalue weighted by Gasteiger charge is 2.15. The van der Waals surface area contributed by atoms with Crippen LogP contribution in [0, 0.1) is 0 Å². The van der Waals surface area contributed by atoms with Crippen molar-refractivity contribution in [3.8, 4) is 5.75 Å². The van der Waals surface area contributed by atoms with Crippen LogP contribution in [0.2, 0.25) is 0 Å². The van der Waals surface area contributed by atoms with Gasteiger partial charge in [0.15, 0.2) is 0 Å². The zero-order valence-corrected chi connectivity index (χ0v) is 16.9. The van der Waals surface area contributed by atoms with Gasteiger partial charge in [-0.25, -0.2) is 4.79 Å². The van der Waals surface area contributed by atoms with Gasteiger partial charge in [0.2, 0.25) is 0 Å². The van der Waals surface area contributed by atoms with Crippen LogP contribution in [0.3, 0.4) is 0 Å². The number of quaternary nitrogens is 1. The van der Waals surface area contributed by atoms with Crippen LogP contribution in [0.1, 0.15) is 64.7 Å². The first kappa shape index (κ1) is 21.5. The van der Waals surface area contributed by atoms with Crippen molar-refractivity contribution in [1.82, 2.24) is 0 Å². The van der Waals surface area contributed by atoms with Gasteiger partial charge in [0.05, 0.1) is 25.4 Å². The lowest BCUT2D eigenvalue weighted by molar-refractivity contribution is -0.887. The summed E-state index contributed by atoms with van der Waals surface area (Å²) in [5.41, 5.74) is 0.680. The van der Waals surface area contributed by atoms with Gasteiger partial charge in [0.1, 0.15) is 18.9 Å². The largest absolute Gasteiger partial charge is 0.491 e. The Bertz CT molecular complexity index is 530. The summed E-state index contributed by atoms with van der Waals surface area (Å²) in [6.45, 7) is 6.66. The third-order valence-corrected chi connectivity index (χ3v) is 5.13. The maximum Gasteiger partial charge on any atom is 0.411 e. The van der Waals surface area contributed by atoms with Gasteiger partial charge < -0.3 is 14.4 Å². The Hall–Kier alpha value is -1.75. The third kappa shape index (κ3) is 9.14. The number of hydrogen-bond donors (Lipinski definition) is 2. The number of nitrogens with one attached hydrogen (secondary N) is 2. The molecule has 0 aromatic heterocycles. The molecule has 152 valence electrons. The smallest absolute Gasteiger partial charge is 0.411 e. The van der Waals surface area contributed by atoms with Gasteiger partial charge >= 0.3 is 6.09 Å². The molecule has 5 nitrogen and oxygen atoms in total. The Balaban J connectivity index is 1.62. The number of unbranched alkanes of at least 4 members (excludes halogenated alkanes) is 6. The van der Waals surface area contributed by atoms with E-state index < -0.39 is 6.09 Å². The molecule has 1 saturated heterocycles. The lowest BCUT2D eigenvalue weighted by Crippen LogP contribution is -3.10. The maximum atomic E-state index is 12.0. The zero-order valence-electron chi connectivity index (χ0n) is 16.9. The molecule has 0 radical (unpaired) electrons. The van der Waals surface area contributed by atoms with Gasteiger partial charge in [-0.1, -0.05) is 57.6 Å². The van der Waals surface area contributed by atoms with Crippen LogP contribution in [-0.2, 0) is 4.74 Å². The van der Waals surface area contributed by atoms with E-state index in [1.165, 1.54) is 69.4 Å². The van der Waals surface area contributed by atoms with Crippen molar-refractivity contribution in [2.24, 2.45) is 0 Å². The summed E-state index contributed by atoms with van der Waals surface area (Å²) in [4.78, 5) is 13.6.